The minimum absolute atomic E-state index is 0.0105. The number of carbonyl (C=O) groups excluding carboxylic acids is 4. The molecule has 1 fully saturated rings. The normalized spacial score (nSPS) is 16.2. The van der Waals surface area contributed by atoms with Crippen LogP contribution in [0.4, 0.5) is 17.1 Å². The maximum Gasteiger partial charge on any atom is 0.337 e. The summed E-state index contributed by atoms with van der Waals surface area (Å²) < 4.78 is 17.4. The van der Waals surface area contributed by atoms with E-state index in [1.807, 2.05) is 10.6 Å². The number of fused-ring (bicyclic) bond motifs is 4. The molecular formula is C36H33BrN4O8. The Hall–Kier alpha value is -5.43. The van der Waals surface area contributed by atoms with Crippen LogP contribution in [0.15, 0.2) is 82.1 Å². The highest BCUT2D eigenvalue weighted by Gasteiger charge is 2.35. The van der Waals surface area contributed by atoms with Gasteiger partial charge in [-0.3, -0.25) is 14.4 Å². The van der Waals surface area contributed by atoms with Crippen molar-refractivity contribution in [2.45, 2.75) is 18.9 Å². The lowest BCUT2D eigenvalue weighted by molar-refractivity contribution is 0.0598. The molecular weight excluding hydrogens is 696 g/mol. The first-order valence-electron chi connectivity index (χ1n) is 15.4. The van der Waals surface area contributed by atoms with Crippen LogP contribution in [0.25, 0.3) is 0 Å². The van der Waals surface area contributed by atoms with Gasteiger partial charge in [-0.1, -0.05) is 6.07 Å². The number of halogens is 1. The standard InChI is InChI=1S/C36H33BrN4O8/c1-47-26-8-9-28(37)27(16-26)34(44)39-29-15-21(33(43)38-25-13-22(35(45)48-2)12-23(14-25)36(46)49-3)7-10-31(29)40-17-20-11-24(19-40)30-5-4-6-32(42)41(30)18-20/h4-10,12-16,20,24H,11,17-19H2,1-3H3,(H,38,43)(H,39,44)/t20-,24+/m1/s1. The molecule has 2 aliphatic heterocycles. The maximum absolute atomic E-state index is 13.7. The number of anilines is 3. The Bertz CT molecular complexity index is 2010. The van der Waals surface area contributed by atoms with Crippen molar-refractivity contribution in [2.75, 3.05) is 50.0 Å². The molecule has 2 amide bonds. The van der Waals surface area contributed by atoms with E-state index in [-0.39, 0.29) is 39.8 Å². The van der Waals surface area contributed by atoms with Gasteiger partial charge in [-0.25, -0.2) is 9.59 Å². The number of rotatable bonds is 8. The van der Waals surface area contributed by atoms with Gasteiger partial charge in [0, 0.05) is 53.0 Å². The minimum Gasteiger partial charge on any atom is -0.497 e. The number of hydrogen-bond acceptors (Lipinski definition) is 9. The van der Waals surface area contributed by atoms with Crippen molar-refractivity contribution in [2.24, 2.45) is 5.92 Å². The van der Waals surface area contributed by atoms with Gasteiger partial charge in [-0.2, -0.15) is 0 Å². The molecule has 0 aliphatic carbocycles. The number of ether oxygens (including phenoxy) is 3. The lowest BCUT2D eigenvalue weighted by Gasteiger charge is -2.44. The summed E-state index contributed by atoms with van der Waals surface area (Å²) in [5.41, 5.74) is 2.89. The van der Waals surface area contributed by atoms with Crippen LogP contribution in [-0.2, 0) is 16.0 Å². The van der Waals surface area contributed by atoms with E-state index in [4.69, 9.17) is 14.2 Å². The molecule has 13 heteroatoms. The molecule has 0 radical (unpaired) electrons. The van der Waals surface area contributed by atoms with Crippen LogP contribution in [0.2, 0.25) is 0 Å². The average Bonchev–Trinajstić information content (AvgIpc) is 3.11. The molecule has 1 aromatic heterocycles. The van der Waals surface area contributed by atoms with Gasteiger partial charge in [0.1, 0.15) is 5.75 Å². The van der Waals surface area contributed by atoms with Gasteiger partial charge in [-0.15, -0.1) is 0 Å². The highest BCUT2D eigenvalue weighted by atomic mass is 79.9. The summed E-state index contributed by atoms with van der Waals surface area (Å²) in [5, 5.41) is 5.75. The number of pyridine rings is 1. The first-order valence-corrected chi connectivity index (χ1v) is 16.2. The molecule has 12 nitrogen and oxygen atoms in total. The van der Waals surface area contributed by atoms with E-state index in [0.29, 0.717) is 46.8 Å². The predicted molar refractivity (Wildman–Crippen MR) is 186 cm³/mol. The van der Waals surface area contributed by atoms with Crippen molar-refractivity contribution in [1.82, 2.24) is 4.57 Å². The molecule has 3 aromatic carbocycles. The van der Waals surface area contributed by atoms with Crippen LogP contribution in [0.5, 0.6) is 5.75 Å². The van der Waals surface area contributed by atoms with Gasteiger partial charge in [0.15, 0.2) is 0 Å². The third kappa shape index (κ3) is 6.93. The fourth-order valence-electron chi connectivity index (χ4n) is 6.52. The Balaban J connectivity index is 1.35. The summed E-state index contributed by atoms with van der Waals surface area (Å²) in [6, 6.07) is 19.5. The Morgan fingerprint density at radius 1 is 0.776 bits per heavy atom. The number of nitrogens with zero attached hydrogens (tertiary/aromatic N) is 2. The molecule has 0 unspecified atom stereocenters. The van der Waals surface area contributed by atoms with Crippen molar-refractivity contribution in [3.05, 3.63) is 116 Å². The highest BCUT2D eigenvalue weighted by Crippen LogP contribution is 2.40. The van der Waals surface area contributed by atoms with Crippen molar-refractivity contribution in [1.29, 1.82) is 0 Å². The lowest BCUT2D eigenvalue weighted by Crippen LogP contribution is -2.47. The SMILES string of the molecule is COC(=O)c1cc(NC(=O)c2ccc(N3C[C@H]4C[C@@H](C3)c3cccc(=O)n3C4)c(NC(=O)c3cc(OC)ccc3Br)c2)cc(C(=O)OC)c1. The number of hydrogen-bond donors (Lipinski definition) is 2. The van der Waals surface area contributed by atoms with Gasteiger partial charge >= 0.3 is 11.9 Å². The smallest absolute Gasteiger partial charge is 0.337 e. The second kappa shape index (κ2) is 14.0. The van der Waals surface area contributed by atoms with Gasteiger partial charge < -0.3 is 34.3 Å². The van der Waals surface area contributed by atoms with Crippen molar-refractivity contribution in [3.8, 4) is 5.75 Å². The zero-order chi connectivity index (χ0) is 34.8. The Kier molecular flexibility index (Phi) is 9.54. The first kappa shape index (κ1) is 33.5. The summed E-state index contributed by atoms with van der Waals surface area (Å²) in [6.07, 6.45) is 0.942. The van der Waals surface area contributed by atoms with Gasteiger partial charge in [-0.05, 0) is 88.9 Å². The van der Waals surface area contributed by atoms with Crippen LogP contribution < -0.4 is 25.8 Å². The van der Waals surface area contributed by atoms with Crippen LogP contribution >= 0.6 is 15.9 Å². The van der Waals surface area contributed by atoms with Crippen molar-refractivity contribution < 1.29 is 33.4 Å². The maximum atomic E-state index is 13.7. The van der Waals surface area contributed by atoms with E-state index < -0.39 is 23.8 Å². The molecule has 3 heterocycles. The Morgan fingerprint density at radius 2 is 1.51 bits per heavy atom. The number of nitrogens with one attached hydrogen (secondary N) is 2. The molecule has 2 atom stereocenters. The number of methoxy groups -OCH3 is 3. The molecule has 0 saturated carbocycles. The summed E-state index contributed by atoms with van der Waals surface area (Å²) >= 11 is 3.46. The molecule has 1 saturated heterocycles. The van der Waals surface area contributed by atoms with Crippen molar-refractivity contribution >= 4 is 56.7 Å². The lowest BCUT2D eigenvalue weighted by atomic mass is 9.83. The number of carbonyl (C=O) groups is 4. The fourth-order valence-corrected chi connectivity index (χ4v) is 6.94. The molecule has 4 aromatic rings. The van der Waals surface area contributed by atoms with E-state index in [1.54, 1.807) is 48.5 Å². The fraction of sp³-hybridized carbons (Fsp3) is 0.250. The monoisotopic (exact) mass is 728 g/mol. The van der Waals surface area contributed by atoms with E-state index in [9.17, 15) is 24.0 Å². The third-order valence-electron chi connectivity index (χ3n) is 8.78. The second-order valence-corrected chi connectivity index (χ2v) is 12.7. The number of benzene rings is 3. The number of aromatic nitrogens is 1. The van der Waals surface area contributed by atoms with E-state index in [1.165, 1.54) is 39.5 Å². The summed E-state index contributed by atoms with van der Waals surface area (Å²) in [5.74, 6) is -1.56. The van der Waals surface area contributed by atoms with E-state index in [2.05, 4.69) is 31.5 Å². The molecule has 252 valence electrons. The van der Waals surface area contributed by atoms with E-state index >= 15 is 0 Å². The summed E-state index contributed by atoms with van der Waals surface area (Å²) in [6.45, 7) is 1.85. The van der Waals surface area contributed by atoms with E-state index in [0.717, 1.165) is 12.1 Å². The van der Waals surface area contributed by atoms with Crippen LogP contribution in [0.3, 0.4) is 0 Å². The summed E-state index contributed by atoms with van der Waals surface area (Å²) in [4.78, 5) is 66.8. The molecule has 49 heavy (non-hydrogen) atoms. The summed E-state index contributed by atoms with van der Waals surface area (Å²) in [7, 11) is 3.93. The number of esters is 2. The molecule has 2 aliphatic rings. The number of amides is 2. The first-order chi connectivity index (χ1) is 23.6. The predicted octanol–water partition coefficient (Wildman–Crippen LogP) is 5.32. The van der Waals surface area contributed by atoms with Crippen LogP contribution in [-0.4, -0.2) is 62.7 Å². The minimum atomic E-state index is -0.696. The topological polar surface area (TPSA) is 145 Å². The molecule has 0 spiro atoms. The van der Waals surface area contributed by atoms with Gasteiger partial charge in [0.2, 0.25) is 0 Å². The molecule has 6 rings (SSSR count). The quantitative estimate of drug-likeness (QED) is 0.230. The zero-order valence-electron chi connectivity index (χ0n) is 26.9. The average molecular weight is 730 g/mol. The zero-order valence-corrected chi connectivity index (χ0v) is 28.5. The van der Waals surface area contributed by atoms with Crippen molar-refractivity contribution in [3.63, 3.8) is 0 Å². The van der Waals surface area contributed by atoms with Gasteiger partial charge in [0.05, 0.1) is 49.4 Å². The largest absolute Gasteiger partial charge is 0.497 e. The van der Waals surface area contributed by atoms with Crippen LogP contribution in [0, 0.1) is 5.92 Å². The number of piperidine rings is 1. The third-order valence-corrected chi connectivity index (χ3v) is 9.47. The molecule has 2 N–H and O–H groups in total. The van der Waals surface area contributed by atoms with Crippen LogP contribution in [0.1, 0.15) is 59.5 Å². The van der Waals surface area contributed by atoms with Gasteiger partial charge in [0.25, 0.3) is 17.4 Å². The Labute approximate surface area is 290 Å². The highest BCUT2D eigenvalue weighted by molar-refractivity contribution is 9.10. The Morgan fingerprint density at radius 3 is 2.20 bits per heavy atom. The second-order valence-electron chi connectivity index (χ2n) is 11.9. The molecule has 2 bridgehead atoms.